The van der Waals surface area contributed by atoms with Crippen LogP contribution in [0.4, 0.5) is 5.82 Å². The van der Waals surface area contributed by atoms with Gasteiger partial charge in [0.2, 0.25) is 0 Å². The molecule has 2 saturated heterocycles. The lowest BCUT2D eigenvalue weighted by atomic mass is 9.95. The number of aryl methyl sites for hydroxylation is 2. The molecule has 2 aromatic rings. The Kier molecular flexibility index (Phi) is 2.40. The Morgan fingerprint density at radius 2 is 2.00 bits per heavy atom. The van der Waals surface area contributed by atoms with Crippen LogP contribution in [0.15, 0.2) is 0 Å². The van der Waals surface area contributed by atoms with Crippen molar-refractivity contribution in [3.63, 3.8) is 0 Å². The number of hydrogen-bond acceptors (Lipinski definition) is 4. The molecule has 3 atom stereocenters. The molecule has 106 valence electrons. The standard InChI is InChI=1S/C15H20N4O/c1-7-8(2)19(11-6-10-4-5-12(11)20-10)15-13(7)14(16)17-9(3)18-15/h10-12H,4-6H2,1-3H3,(H2,16,17,18). The number of hydrogen-bond donors (Lipinski definition) is 1. The van der Waals surface area contributed by atoms with Gasteiger partial charge in [-0.05, 0) is 45.6 Å². The summed E-state index contributed by atoms with van der Waals surface area (Å²) in [6.45, 7) is 6.16. The fourth-order valence-corrected chi connectivity index (χ4v) is 3.92. The van der Waals surface area contributed by atoms with Gasteiger partial charge in [0.1, 0.15) is 17.3 Å². The van der Waals surface area contributed by atoms with Gasteiger partial charge in [0, 0.05) is 5.69 Å². The molecule has 4 rings (SSSR count). The van der Waals surface area contributed by atoms with E-state index in [0.717, 1.165) is 29.7 Å². The first-order chi connectivity index (χ1) is 9.56. The summed E-state index contributed by atoms with van der Waals surface area (Å²) in [5.74, 6) is 1.33. The maximum absolute atomic E-state index is 6.12. The van der Waals surface area contributed by atoms with Crippen molar-refractivity contribution < 1.29 is 4.74 Å². The maximum atomic E-state index is 6.12. The van der Waals surface area contributed by atoms with Gasteiger partial charge in [-0.1, -0.05) is 0 Å². The first kappa shape index (κ1) is 12.1. The van der Waals surface area contributed by atoms with Crippen molar-refractivity contribution in [3.8, 4) is 0 Å². The van der Waals surface area contributed by atoms with Crippen LogP contribution in [0.1, 0.15) is 42.4 Å². The molecule has 2 fully saturated rings. The first-order valence-corrected chi connectivity index (χ1v) is 7.33. The Labute approximate surface area is 118 Å². The monoisotopic (exact) mass is 272 g/mol. The highest BCUT2D eigenvalue weighted by Gasteiger charge is 2.43. The van der Waals surface area contributed by atoms with Gasteiger partial charge in [-0.3, -0.25) is 0 Å². The van der Waals surface area contributed by atoms with Gasteiger partial charge in [-0.15, -0.1) is 0 Å². The zero-order chi connectivity index (χ0) is 14.0. The van der Waals surface area contributed by atoms with Crippen molar-refractivity contribution in [1.82, 2.24) is 14.5 Å². The van der Waals surface area contributed by atoms with E-state index >= 15 is 0 Å². The van der Waals surface area contributed by atoms with E-state index in [9.17, 15) is 0 Å². The molecule has 0 saturated carbocycles. The molecule has 0 amide bonds. The Balaban J connectivity index is 1.97. The molecular formula is C15H20N4O. The van der Waals surface area contributed by atoms with Gasteiger partial charge in [-0.2, -0.15) is 0 Å². The van der Waals surface area contributed by atoms with Gasteiger partial charge >= 0.3 is 0 Å². The average molecular weight is 272 g/mol. The van der Waals surface area contributed by atoms with Crippen LogP contribution in [0.25, 0.3) is 11.0 Å². The van der Waals surface area contributed by atoms with Crippen LogP contribution in [-0.4, -0.2) is 26.7 Å². The smallest absolute Gasteiger partial charge is 0.146 e. The molecule has 5 heteroatoms. The van der Waals surface area contributed by atoms with Crippen molar-refractivity contribution in [2.24, 2.45) is 0 Å². The minimum Gasteiger partial charge on any atom is -0.383 e. The van der Waals surface area contributed by atoms with Gasteiger partial charge in [0.15, 0.2) is 0 Å². The highest BCUT2D eigenvalue weighted by atomic mass is 16.5. The van der Waals surface area contributed by atoms with Crippen LogP contribution in [0.3, 0.4) is 0 Å². The summed E-state index contributed by atoms with van der Waals surface area (Å²) < 4.78 is 8.36. The molecule has 5 nitrogen and oxygen atoms in total. The summed E-state index contributed by atoms with van der Waals surface area (Å²) in [4.78, 5) is 8.98. The van der Waals surface area contributed by atoms with E-state index in [1.807, 2.05) is 6.92 Å². The molecule has 0 radical (unpaired) electrons. The molecule has 2 aromatic heterocycles. The number of nitrogen functional groups attached to an aromatic ring is 1. The van der Waals surface area contributed by atoms with Crippen molar-refractivity contribution in [3.05, 3.63) is 17.1 Å². The normalized spacial score (nSPS) is 28.6. The van der Waals surface area contributed by atoms with Gasteiger partial charge in [-0.25, -0.2) is 9.97 Å². The lowest BCUT2D eigenvalue weighted by Crippen LogP contribution is -2.22. The fourth-order valence-electron chi connectivity index (χ4n) is 3.92. The van der Waals surface area contributed by atoms with Crippen molar-refractivity contribution in [1.29, 1.82) is 0 Å². The zero-order valence-corrected chi connectivity index (χ0v) is 12.2. The number of aromatic nitrogens is 3. The summed E-state index contributed by atoms with van der Waals surface area (Å²) >= 11 is 0. The van der Waals surface area contributed by atoms with E-state index in [4.69, 9.17) is 10.5 Å². The Bertz CT molecular complexity index is 706. The SMILES string of the molecule is Cc1nc(N)c2c(C)c(C)n(C3CC4CCC3O4)c2n1. The third kappa shape index (κ3) is 1.47. The number of ether oxygens (including phenoxy) is 1. The van der Waals surface area contributed by atoms with E-state index in [2.05, 4.69) is 28.4 Å². The number of anilines is 1. The lowest BCUT2D eigenvalue weighted by Gasteiger charge is -2.23. The van der Waals surface area contributed by atoms with E-state index in [1.165, 1.54) is 17.7 Å². The highest BCUT2D eigenvalue weighted by molar-refractivity contribution is 5.91. The maximum Gasteiger partial charge on any atom is 0.146 e. The van der Waals surface area contributed by atoms with Crippen LogP contribution in [-0.2, 0) is 4.74 Å². The average Bonchev–Trinajstić information content (AvgIpc) is 3.05. The fraction of sp³-hybridized carbons (Fsp3) is 0.600. The first-order valence-electron chi connectivity index (χ1n) is 7.33. The van der Waals surface area contributed by atoms with Gasteiger partial charge in [0.25, 0.3) is 0 Å². The topological polar surface area (TPSA) is 66.0 Å². The van der Waals surface area contributed by atoms with Crippen LogP contribution in [0, 0.1) is 20.8 Å². The summed E-state index contributed by atoms with van der Waals surface area (Å²) in [5.41, 5.74) is 9.53. The van der Waals surface area contributed by atoms with Crippen molar-refractivity contribution in [2.75, 3.05) is 5.73 Å². The summed E-state index contributed by atoms with van der Waals surface area (Å²) in [6, 6.07) is 0.402. The summed E-state index contributed by atoms with van der Waals surface area (Å²) in [5, 5.41) is 1.01. The predicted molar refractivity (Wildman–Crippen MR) is 77.7 cm³/mol. The van der Waals surface area contributed by atoms with E-state index in [-0.39, 0.29) is 0 Å². The van der Waals surface area contributed by atoms with Crippen LogP contribution < -0.4 is 5.73 Å². The quantitative estimate of drug-likeness (QED) is 0.866. The molecule has 3 unspecified atom stereocenters. The molecule has 2 aliphatic rings. The Morgan fingerprint density at radius 3 is 2.65 bits per heavy atom. The predicted octanol–water partition coefficient (Wildman–Crippen LogP) is 2.43. The summed E-state index contributed by atoms with van der Waals surface area (Å²) in [6.07, 6.45) is 4.23. The molecule has 0 aliphatic carbocycles. The third-order valence-electron chi connectivity index (χ3n) is 4.94. The van der Waals surface area contributed by atoms with E-state index in [1.54, 1.807) is 0 Å². The van der Waals surface area contributed by atoms with Crippen molar-refractivity contribution in [2.45, 2.75) is 58.3 Å². The summed E-state index contributed by atoms with van der Waals surface area (Å²) in [7, 11) is 0. The second-order valence-corrected chi connectivity index (χ2v) is 6.11. The van der Waals surface area contributed by atoms with Crippen molar-refractivity contribution >= 4 is 16.9 Å². The molecule has 4 heterocycles. The van der Waals surface area contributed by atoms with Gasteiger partial charge < -0.3 is 15.0 Å². The second kappa shape index (κ2) is 3.95. The highest BCUT2D eigenvalue weighted by Crippen LogP contribution is 2.44. The molecule has 0 spiro atoms. The Morgan fingerprint density at radius 1 is 1.20 bits per heavy atom. The lowest BCUT2D eigenvalue weighted by molar-refractivity contribution is 0.0941. The second-order valence-electron chi connectivity index (χ2n) is 6.11. The minimum atomic E-state index is 0.338. The van der Waals surface area contributed by atoms with Crippen LogP contribution >= 0.6 is 0 Å². The molecule has 2 bridgehead atoms. The van der Waals surface area contributed by atoms with E-state index < -0.39 is 0 Å². The third-order valence-corrected chi connectivity index (χ3v) is 4.94. The molecule has 2 N–H and O–H groups in total. The molecule has 2 aliphatic heterocycles. The van der Waals surface area contributed by atoms with Crippen LogP contribution in [0.2, 0.25) is 0 Å². The number of rotatable bonds is 1. The number of nitrogens with two attached hydrogens (primary N) is 1. The number of fused-ring (bicyclic) bond motifs is 3. The molecule has 0 aromatic carbocycles. The van der Waals surface area contributed by atoms with Gasteiger partial charge in [0.05, 0.1) is 23.6 Å². The van der Waals surface area contributed by atoms with E-state index in [0.29, 0.717) is 24.1 Å². The van der Waals surface area contributed by atoms with Crippen LogP contribution in [0.5, 0.6) is 0 Å². The largest absolute Gasteiger partial charge is 0.383 e. The minimum absolute atomic E-state index is 0.338. The Hall–Kier alpha value is -1.62. The molecule has 20 heavy (non-hydrogen) atoms. The number of nitrogens with zero attached hydrogens (tertiary/aromatic N) is 3. The molecular weight excluding hydrogens is 252 g/mol. The zero-order valence-electron chi connectivity index (χ0n) is 12.2.